The van der Waals surface area contributed by atoms with E-state index in [0.717, 1.165) is 11.1 Å². The minimum Gasteiger partial charge on any atom is -0.497 e. The quantitative estimate of drug-likeness (QED) is 0.618. The first-order valence-corrected chi connectivity index (χ1v) is 9.42. The van der Waals surface area contributed by atoms with Crippen molar-refractivity contribution in [2.45, 2.75) is 25.5 Å². The van der Waals surface area contributed by atoms with Gasteiger partial charge < -0.3 is 14.8 Å². The molecule has 0 saturated carbocycles. The van der Waals surface area contributed by atoms with E-state index in [0.29, 0.717) is 17.9 Å². The van der Waals surface area contributed by atoms with Crippen molar-refractivity contribution in [3.05, 3.63) is 96.1 Å². The third kappa shape index (κ3) is 4.92. The van der Waals surface area contributed by atoms with Crippen molar-refractivity contribution in [2.24, 2.45) is 0 Å². The van der Waals surface area contributed by atoms with Gasteiger partial charge in [-0.3, -0.25) is 4.79 Å². The van der Waals surface area contributed by atoms with E-state index in [1.54, 1.807) is 13.2 Å². The van der Waals surface area contributed by atoms with Crippen LogP contribution in [0.1, 0.15) is 30.5 Å². The molecule has 28 heavy (non-hydrogen) atoms. The summed E-state index contributed by atoms with van der Waals surface area (Å²) in [7, 11) is 1.60. The average Bonchev–Trinajstić information content (AvgIpc) is 2.77. The van der Waals surface area contributed by atoms with E-state index in [-0.39, 0.29) is 11.9 Å². The number of ether oxygens (including phenoxy) is 2. The Morgan fingerprint density at radius 3 is 1.96 bits per heavy atom. The lowest BCUT2D eigenvalue weighted by molar-refractivity contribution is -0.128. The summed E-state index contributed by atoms with van der Waals surface area (Å²) in [5, 5.41) is 3.15. The summed E-state index contributed by atoms with van der Waals surface area (Å²) in [5.74, 6) is 1.15. The van der Waals surface area contributed by atoms with Crippen LogP contribution in [0.4, 0.5) is 0 Å². The molecule has 0 bridgehead atoms. The SMILES string of the molecule is CC[C@@H](Oc1cccc(OC)c1)C(=O)NC(c1ccccc1)c1ccccc1. The molecule has 0 spiro atoms. The van der Waals surface area contributed by atoms with Crippen LogP contribution in [0.3, 0.4) is 0 Å². The Bertz CT molecular complexity index is 841. The Labute approximate surface area is 166 Å². The zero-order chi connectivity index (χ0) is 19.8. The summed E-state index contributed by atoms with van der Waals surface area (Å²) < 4.78 is 11.2. The summed E-state index contributed by atoms with van der Waals surface area (Å²) in [4.78, 5) is 13.0. The van der Waals surface area contributed by atoms with Gasteiger partial charge in [-0.05, 0) is 29.7 Å². The highest BCUT2D eigenvalue weighted by Gasteiger charge is 2.23. The number of nitrogens with one attached hydrogen (secondary N) is 1. The third-order valence-electron chi connectivity index (χ3n) is 4.54. The minimum absolute atomic E-state index is 0.150. The molecule has 1 N–H and O–H groups in total. The number of carbonyl (C=O) groups excluding carboxylic acids is 1. The highest BCUT2D eigenvalue weighted by atomic mass is 16.5. The molecule has 144 valence electrons. The number of amides is 1. The van der Waals surface area contributed by atoms with Crippen LogP contribution >= 0.6 is 0 Å². The zero-order valence-electron chi connectivity index (χ0n) is 16.2. The molecule has 0 radical (unpaired) electrons. The van der Waals surface area contributed by atoms with Gasteiger partial charge in [0.15, 0.2) is 6.10 Å². The molecule has 0 fully saturated rings. The molecule has 3 aromatic rings. The molecule has 4 heteroatoms. The van der Waals surface area contributed by atoms with E-state index in [1.807, 2.05) is 85.8 Å². The van der Waals surface area contributed by atoms with Gasteiger partial charge in [-0.15, -0.1) is 0 Å². The number of carbonyl (C=O) groups is 1. The lowest BCUT2D eigenvalue weighted by Gasteiger charge is -2.24. The van der Waals surface area contributed by atoms with E-state index < -0.39 is 6.10 Å². The van der Waals surface area contributed by atoms with E-state index in [4.69, 9.17) is 9.47 Å². The maximum atomic E-state index is 13.0. The summed E-state index contributed by atoms with van der Waals surface area (Å²) in [6.07, 6.45) is -0.0404. The van der Waals surface area contributed by atoms with Crippen LogP contribution < -0.4 is 14.8 Å². The molecule has 3 rings (SSSR count). The van der Waals surface area contributed by atoms with E-state index >= 15 is 0 Å². The van der Waals surface area contributed by atoms with Crippen LogP contribution in [0.25, 0.3) is 0 Å². The van der Waals surface area contributed by atoms with E-state index in [9.17, 15) is 4.79 Å². The molecule has 3 aromatic carbocycles. The molecule has 1 atom stereocenters. The van der Waals surface area contributed by atoms with E-state index in [1.165, 1.54) is 0 Å². The number of benzene rings is 3. The van der Waals surface area contributed by atoms with Gasteiger partial charge in [-0.1, -0.05) is 73.7 Å². The fourth-order valence-corrected chi connectivity index (χ4v) is 3.05. The Kier molecular flexibility index (Phi) is 6.68. The third-order valence-corrected chi connectivity index (χ3v) is 4.54. The molecule has 0 heterocycles. The van der Waals surface area contributed by atoms with Crippen LogP contribution in [0.5, 0.6) is 11.5 Å². The maximum Gasteiger partial charge on any atom is 0.261 e. The predicted molar refractivity (Wildman–Crippen MR) is 111 cm³/mol. The average molecular weight is 375 g/mol. The van der Waals surface area contributed by atoms with Crippen molar-refractivity contribution in [3.8, 4) is 11.5 Å². The summed E-state index contributed by atoms with van der Waals surface area (Å²) >= 11 is 0. The maximum absolute atomic E-state index is 13.0. The van der Waals surface area contributed by atoms with Crippen molar-refractivity contribution in [1.29, 1.82) is 0 Å². The van der Waals surface area contributed by atoms with Gasteiger partial charge in [-0.2, -0.15) is 0 Å². The van der Waals surface area contributed by atoms with Crippen molar-refractivity contribution in [1.82, 2.24) is 5.32 Å². The van der Waals surface area contributed by atoms with Crippen molar-refractivity contribution in [3.63, 3.8) is 0 Å². The molecule has 0 aliphatic carbocycles. The number of hydrogen-bond donors (Lipinski definition) is 1. The second-order valence-electron chi connectivity index (χ2n) is 6.46. The predicted octanol–water partition coefficient (Wildman–Crippen LogP) is 4.76. The molecule has 0 aliphatic heterocycles. The molecular weight excluding hydrogens is 350 g/mol. The monoisotopic (exact) mass is 375 g/mol. The number of methoxy groups -OCH3 is 1. The molecule has 4 nitrogen and oxygen atoms in total. The first-order chi connectivity index (χ1) is 13.7. The summed E-state index contributed by atoms with van der Waals surface area (Å²) in [6.45, 7) is 1.93. The summed E-state index contributed by atoms with van der Waals surface area (Å²) in [6, 6.07) is 26.9. The minimum atomic E-state index is -0.595. The Morgan fingerprint density at radius 2 is 1.43 bits per heavy atom. The highest BCUT2D eigenvalue weighted by molar-refractivity contribution is 5.82. The number of rotatable bonds is 8. The van der Waals surface area contributed by atoms with Crippen molar-refractivity contribution >= 4 is 5.91 Å². The van der Waals surface area contributed by atoms with Gasteiger partial charge in [0.2, 0.25) is 0 Å². The zero-order valence-corrected chi connectivity index (χ0v) is 16.2. The van der Waals surface area contributed by atoms with Crippen LogP contribution in [0, 0.1) is 0 Å². The second-order valence-corrected chi connectivity index (χ2v) is 6.46. The highest BCUT2D eigenvalue weighted by Crippen LogP contribution is 2.24. The van der Waals surface area contributed by atoms with Gasteiger partial charge in [0.25, 0.3) is 5.91 Å². The van der Waals surface area contributed by atoms with Crippen LogP contribution in [-0.4, -0.2) is 19.1 Å². The van der Waals surface area contributed by atoms with Crippen molar-refractivity contribution in [2.75, 3.05) is 7.11 Å². The standard InChI is InChI=1S/C24H25NO3/c1-3-22(28-21-16-10-15-20(17-21)27-2)24(26)25-23(18-11-6-4-7-12-18)19-13-8-5-9-14-19/h4-17,22-23H,3H2,1-2H3,(H,25,26)/t22-/m1/s1. The molecule has 0 saturated heterocycles. The largest absolute Gasteiger partial charge is 0.497 e. The Hall–Kier alpha value is -3.27. The molecule has 1 amide bonds. The van der Waals surface area contributed by atoms with Gasteiger partial charge in [0.1, 0.15) is 11.5 Å². The van der Waals surface area contributed by atoms with E-state index in [2.05, 4.69) is 5.32 Å². The smallest absolute Gasteiger partial charge is 0.261 e. The van der Waals surface area contributed by atoms with Crippen molar-refractivity contribution < 1.29 is 14.3 Å². The van der Waals surface area contributed by atoms with Gasteiger partial charge in [0, 0.05) is 6.07 Å². The second kappa shape index (κ2) is 9.60. The first kappa shape index (κ1) is 19.5. The fourth-order valence-electron chi connectivity index (χ4n) is 3.05. The normalized spacial score (nSPS) is 11.7. The van der Waals surface area contributed by atoms with Gasteiger partial charge in [-0.25, -0.2) is 0 Å². The molecule has 0 aliphatic rings. The first-order valence-electron chi connectivity index (χ1n) is 9.42. The fraction of sp³-hybridized carbons (Fsp3) is 0.208. The lowest BCUT2D eigenvalue weighted by atomic mass is 9.98. The number of hydrogen-bond acceptors (Lipinski definition) is 3. The molecule has 0 aromatic heterocycles. The Balaban J connectivity index is 1.80. The summed E-state index contributed by atoms with van der Waals surface area (Å²) in [5.41, 5.74) is 2.05. The Morgan fingerprint density at radius 1 is 0.857 bits per heavy atom. The molecule has 0 unspecified atom stereocenters. The molecular formula is C24H25NO3. The van der Waals surface area contributed by atoms with Gasteiger partial charge >= 0.3 is 0 Å². The van der Waals surface area contributed by atoms with Crippen LogP contribution in [0.2, 0.25) is 0 Å². The van der Waals surface area contributed by atoms with Crippen LogP contribution in [0.15, 0.2) is 84.9 Å². The topological polar surface area (TPSA) is 47.6 Å². The lowest BCUT2D eigenvalue weighted by Crippen LogP contribution is -2.40. The van der Waals surface area contributed by atoms with Gasteiger partial charge in [0.05, 0.1) is 13.2 Å². The van der Waals surface area contributed by atoms with Crippen LogP contribution in [-0.2, 0) is 4.79 Å².